The second kappa shape index (κ2) is 6.15. The first-order valence-electron chi connectivity index (χ1n) is 6.43. The molecule has 1 N–H and O–H groups in total. The lowest BCUT2D eigenvalue weighted by atomic mass is 10.2. The molecular weight excluding hydrogens is 276 g/mol. The zero-order chi connectivity index (χ0) is 14.7. The highest BCUT2D eigenvalue weighted by molar-refractivity contribution is 7.09. The molecule has 1 atom stereocenters. The summed E-state index contributed by atoms with van der Waals surface area (Å²) in [5.41, 5.74) is 0.00455. The fraction of sp³-hybridized carbons (Fsp3) is 0.462. The maximum Gasteiger partial charge on any atom is 0.330 e. The van der Waals surface area contributed by atoms with Gasteiger partial charge >= 0.3 is 5.69 Å². The first-order chi connectivity index (χ1) is 9.54. The van der Waals surface area contributed by atoms with E-state index in [9.17, 15) is 9.59 Å². The molecule has 0 saturated carbocycles. The van der Waals surface area contributed by atoms with Crippen LogP contribution in [-0.4, -0.2) is 14.1 Å². The van der Waals surface area contributed by atoms with Crippen LogP contribution >= 0.6 is 11.3 Å². The molecule has 2 heterocycles. The Labute approximate surface area is 120 Å². The van der Waals surface area contributed by atoms with Crippen LogP contribution in [0.1, 0.15) is 30.0 Å². The fourth-order valence-electron chi connectivity index (χ4n) is 2.05. The molecule has 6 nitrogen and oxygen atoms in total. The summed E-state index contributed by atoms with van der Waals surface area (Å²) < 4.78 is 2.55. The first-order valence-corrected chi connectivity index (χ1v) is 7.30. The Morgan fingerprint density at radius 3 is 2.75 bits per heavy atom. The second-order valence-electron chi connectivity index (χ2n) is 4.62. The molecule has 20 heavy (non-hydrogen) atoms. The van der Waals surface area contributed by atoms with Gasteiger partial charge in [0.15, 0.2) is 0 Å². The molecule has 7 heteroatoms. The van der Waals surface area contributed by atoms with Crippen LogP contribution in [0.4, 0.5) is 0 Å². The maximum absolute atomic E-state index is 12.0. The Kier molecular flexibility index (Phi) is 4.51. The SMILES string of the molecule is CCC(NCc1cn(C)c(=O)n(C)c1=O)c1nccs1. The molecule has 0 fully saturated rings. The molecule has 108 valence electrons. The molecule has 0 aliphatic carbocycles. The van der Waals surface area contributed by atoms with Crippen molar-refractivity contribution in [1.82, 2.24) is 19.4 Å². The highest BCUT2D eigenvalue weighted by Crippen LogP contribution is 2.18. The van der Waals surface area contributed by atoms with E-state index >= 15 is 0 Å². The zero-order valence-electron chi connectivity index (χ0n) is 11.8. The van der Waals surface area contributed by atoms with E-state index in [-0.39, 0.29) is 17.3 Å². The number of thiazole rings is 1. The van der Waals surface area contributed by atoms with Crippen LogP contribution in [0.15, 0.2) is 27.4 Å². The van der Waals surface area contributed by atoms with Crippen LogP contribution in [0.25, 0.3) is 0 Å². The van der Waals surface area contributed by atoms with Gasteiger partial charge in [0.25, 0.3) is 5.56 Å². The van der Waals surface area contributed by atoms with E-state index < -0.39 is 0 Å². The lowest BCUT2D eigenvalue weighted by molar-refractivity contribution is 0.508. The van der Waals surface area contributed by atoms with Crippen molar-refractivity contribution in [3.63, 3.8) is 0 Å². The smallest absolute Gasteiger partial charge is 0.304 e. The van der Waals surface area contributed by atoms with Crippen molar-refractivity contribution in [2.75, 3.05) is 0 Å². The summed E-state index contributed by atoms with van der Waals surface area (Å²) in [5.74, 6) is 0. The lowest BCUT2D eigenvalue weighted by Gasteiger charge is -2.14. The Hall–Kier alpha value is -1.73. The van der Waals surface area contributed by atoms with Gasteiger partial charge in [-0.05, 0) is 6.42 Å². The van der Waals surface area contributed by atoms with Crippen LogP contribution in [-0.2, 0) is 20.6 Å². The molecule has 0 aliphatic heterocycles. The molecule has 2 rings (SSSR count). The van der Waals surface area contributed by atoms with Gasteiger partial charge in [-0.1, -0.05) is 6.92 Å². The van der Waals surface area contributed by atoms with Crippen molar-refractivity contribution in [1.29, 1.82) is 0 Å². The van der Waals surface area contributed by atoms with Gasteiger partial charge in [-0.2, -0.15) is 0 Å². The molecule has 0 saturated heterocycles. The van der Waals surface area contributed by atoms with Crippen LogP contribution in [0, 0.1) is 0 Å². The van der Waals surface area contributed by atoms with Gasteiger partial charge in [-0.25, -0.2) is 9.78 Å². The summed E-state index contributed by atoms with van der Waals surface area (Å²) in [6.45, 7) is 2.48. The van der Waals surface area contributed by atoms with Crippen LogP contribution in [0.5, 0.6) is 0 Å². The third-order valence-corrected chi connectivity index (χ3v) is 4.10. The number of aromatic nitrogens is 3. The predicted octanol–water partition coefficient (Wildman–Crippen LogP) is 0.781. The van der Waals surface area contributed by atoms with Gasteiger partial charge in [0.1, 0.15) is 5.01 Å². The van der Waals surface area contributed by atoms with Crippen molar-refractivity contribution in [3.05, 3.63) is 49.2 Å². The predicted molar refractivity (Wildman–Crippen MR) is 78.9 cm³/mol. The number of hydrogen-bond acceptors (Lipinski definition) is 5. The van der Waals surface area contributed by atoms with Gasteiger partial charge in [-0.3, -0.25) is 9.36 Å². The van der Waals surface area contributed by atoms with Gasteiger partial charge in [0.2, 0.25) is 0 Å². The highest BCUT2D eigenvalue weighted by Gasteiger charge is 2.13. The zero-order valence-corrected chi connectivity index (χ0v) is 12.6. The van der Waals surface area contributed by atoms with E-state index in [1.165, 1.54) is 11.6 Å². The number of rotatable bonds is 5. The highest BCUT2D eigenvalue weighted by atomic mass is 32.1. The average molecular weight is 294 g/mol. The molecule has 0 aliphatic rings. The van der Waals surface area contributed by atoms with Gasteiger partial charge < -0.3 is 9.88 Å². The van der Waals surface area contributed by atoms with E-state index in [4.69, 9.17) is 0 Å². The summed E-state index contributed by atoms with van der Waals surface area (Å²) >= 11 is 1.59. The largest absolute Gasteiger partial charge is 0.330 e. The van der Waals surface area contributed by atoms with Crippen LogP contribution in [0.2, 0.25) is 0 Å². The van der Waals surface area contributed by atoms with Crippen LogP contribution in [0.3, 0.4) is 0 Å². The van der Waals surface area contributed by atoms with E-state index in [0.717, 1.165) is 16.0 Å². The normalized spacial score (nSPS) is 12.6. The lowest BCUT2D eigenvalue weighted by Crippen LogP contribution is -2.39. The van der Waals surface area contributed by atoms with Crippen molar-refractivity contribution >= 4 is 11.3 Å². The van der Waals surface area contributed by atoms with Crippen molar-refractivity contribution < 1.29 is 0 Å². The van der Waals surface area contributed by atoms with Crippen molar-refractivity contribution in [3.8, 4) is 0 Å². The number of nitrogens with zero attached hydrogens (tertiary/aromatic N) is 3. The second-order valence-corrected chi connectivity index (χ2v) is 5.55. The summed E-state index contributed by atoms with van der Waals surface area (Å²) in [5, 5.41) is 6.27. The van der Waals surface area contributed by atoms with E-state index in [1.54, 1.807) is 30.8 Å². The fourth-order valence-corrected chi connectivity index (χ4v) is 2.85. The molecule has 0 amide bonds. The summed E-state index contributed by atoms with van der Waals surface area (Å²) in [4.78, 5) is 27.9. The topological polar surface area (TPSA) is 68.9 Å². The minimum atomic E-state index is -0.314. The third-order valence-electron chi connectivity index (χ3n) is 3.21. The first kappa shape index (κ1) is 14.7. The number of nitrogens with one attached hydrogen (secondary N) is 1. The Morgan fingerprint density at radius 1 is 1.40 bits per heavy atom. The standard InChI is InChI=1S/C13H18N4O2S/c1-4-10(11-14-5-6-20-11)15-7-9-8-16(2)13(19)17(3)12(9)18/h5-6,8,10,15H,4,7H2,1-3H3. The van der Waals surface area contributed by atoms with E-state index in [2.05, 4.69) is 17.2 Å². The summed E-state index contributed by atoms with van der Waals surface area (Å²) in [6.07, 6.45) is 4.25. The molecule has 0 radical (unpaired) electrons. The Morgan fingerprint density at radius 2 is 2.15 bits per heavy atom. The average Bonchev–Trinajstić information content (AvgIpc) is 2.96. The van der Waals surface area contributed by atoms with Gasteiger partial charge in [0, 0.05) is 44.0 Å². The maximum atomic E-state index is 12.0. The van der Waals surface area contributed by atoms with Gasteiger partial charge in [-0.15, -0.1) is 11.3 Å². The number of hydrogen-bond donors (Lipinski definition) is 1. The molecule has 0 spiro atoms. The number of aryl methyl sites for hydroxylation is 1. The molecule has 2 aromatic heterocycles. The van der Waals surface area contributed by atoms with Crippen LogP contribution < -0.4 is 16.6 Å². The quantitative estimate of drug-likeness (QED) is 0.885. The molecular formula is C13H18N4O2S. The molecule has 2 aromatic rings. The Bertz CT molecular complexity index is 687. The monoisotopic (exact) mass is 294 g/mol. The molecule has 0 bridgehead atoms. The molecule has 0 aromatic carbocycles. The van der Waals surface area contributed by atoms with E-state index in [0.29, 0.717) is 12.1 Å². The van der Waals surface area contributed by atoms with Gasteiger partial charge in [0.05, 0.1) is 6.04 Å². The Balaban J connectivity index is 2.19. The third kappa shape index (κ3) is 2.88. The van der Waals surface area contributed by atoms with Crippen molar-refractivity contribution in [2.24, 2.45) is 14.1 Å². The summed E-state index contributed by atoms with van der Waals surface area (Å²) in [6, 6.07) is 0.122. The molecule has 1 unspecified atom stereocenters. The minimum Gasteiger partial charge on any atom is -0.304 e. The van der Waals surface area contributed by atoms with Crippen molar-refractivity contribution in [2.45, 2.75) is 25.9 Å². The minimum absolute atomic E-state index is 0.122. The summed E-state index contributed by atoms with van der Waals surface area (Å²) in [7, 11) is 3.13. The van der Waals surface area contributed by atoms with E-state index in [1.807, 2.05) is 5.38 Å².